The Kier molecular flexibility index (Phi) is 52.4. The standard InChI is InChI=1S/C61H104O6/c1-4-7-10-13-16-19-22-25-28-29-30-31-34-36-39-42-45-48-51-54-60(63)66-57-58(67-61(64)55-52-49-46-43-40-37-33-27-24-21-18-15-12-9-6-3)56-65-59(62)53-50-47-44-41-38-35-32-26-23-20-17-14-11-8-5-2/h9,12,16,18-19,21,25,27-28,30-31,33,36,39,58H,4-8,10-11,13-15,17,20,22-24,26,29,32,34-35,37-38,40-57H2,1-3H3/b12-9-,19-16-,21-18-,28-25-,31-30-,33-27-,39-36-/t58-/m1/s1. The van der Waals surface area contributed by atoms with Gasteiger partial charge < -0.3 is 14.2 Å². The Morgan fingerprint density at radius 3 is 0.955 bits per heavy atom. The van der Waals surface area contributed by atoms with Gasteiger partial charge in [-0.2, -0.15) is 0 Å². The van der Waals surface area contributed by atoms with Gasteiger partial charge in [0.05, 0.1) is 0 Å². The minimum atomic E-state index is -0.798. The Labute approximate surface area is 414 Å². The van der Waals surface area contributed by atoms with E-state index in [1.807, 2.05) is 0 Å². The molecule has 0 aromatic rings. The van der Waals surface area contributed by atoms with Crippen LogP contribution >= 0.6 is 0 Å². The first-order valence-corrected chi connectivity index (χ1v) is 28.1. The van der Waals surface area contributed by atoms with Crippen molar-refractivity contribution in [1.82, 2.24) is 0 Å². The van der Waals surface area contributed by atoms with Crippen LogP contribution in [0, 0.1) is 0 Å². The minimum absolute atomic E-state index is 0.0924. The molecule has 0 fully saturated rings. The third-order valence-electron chi connectivity index (χ3n) is 11.9. The molecule has 0 radical (unpaired) electrons. The van der Waals surface area contributed by atoms with Gasteiger partial charge in [0.1, 0.15) is 13.2 Å². The molecule has 0 saturated heterocycles. The summed E-state index contributed by atoms with van der Waals surface area (Å²) in [5.41, 5.74) is 0. The first kappa shape index (κ1) is 63.6. The van der Waals surface area contributed by atoms with Crippen molar-refractivity contribution in [3.05, 3.63) is 85.1 Å². The summed E-state index contributed by atoms with van der Waals surface area (Å²) in [4.78, 5) is 38.1. The van der Waals surface area contributed by atoms with Gasteiger partial charge in [-0.3, -0.25) is 14.4 Å². The lowest BCUT2D eigenvalue weighted by molar-refractivity contribution is -0.167. The zero-order valence-corrected chi connectivity index (χ0v) is 43.9. The van der Waals surface area contributed by atoms with Crippen molar-refractivity contribution >= 4 is 17.9 Å². The highest BCUT2D eigenvalue weighted by atomic mass is 16.6. The van der Waals surface area contributed by atoms with E-state index in [-0.39, 0.29) is 31.1 Å². The van der Waals surface area contributed by atoms with Crippen LogP contribution in [0.25, 0.3) is 0 Å². The lowest BCUT2D eigenvalue weighted by Crippen LogP contribution is -2.30. The zero-order chi connectivity index (χ0) is 48.6. The van der Waals surface area contributed by atoms with Crippen LogP contribution in [-0.2, 0) is 28.6 Å². The van der Waals surface area contributed by atoms with Gasteiger partial charge >= 0.3 is 17.9 Å². The van der Waals surface area contributed by atoms with Crippen LogP contribution in [0.4, 0.5) is 0 Å². The predicted octanol–water partition coefficient (Wildman–Crippen LogP) is 18.8. The van der Waals surface area contributed by atoms with E-state index >= 15 is 0 Å². The summed E-state index contributed by atoms with van der Waals surface area (Å²) in [7, 11) is 0. The molecule has 0 bridgehead atoms. The summed E-state index contributed by atoms with van der Waals surface area (Å²) in [5.74, 6) is -0.936. The van der Waals surface area contributed by atoms with Crippen molar-refractivity contribution in [3.63, 3.8) is 0 Å². The van der Waals surface area contributed by atoms with Crippen molar-refractivity contribution < 1.29 is 28.6 Å². The second-order valence-corrected chi connectivity index (χ2v) is 18.5. The molecule has 0 N–H and O–H groups in total. The quantitative estimate of drug-likeness (QED) is 0.0262. The number of esters is 3. The zero-order valence-electron chi connectivity index (χ0n) is 43.9. The smallest absolute Gasteiger partial charge is 0.306 e. The molecule has 0 saturated carbocycles. The monoisotopic (exact) mass is 933 g/mol. The van der Waals surface area contributed by atoms with E-state index in [2.05, 4.69) is 106 Å². The summed E-state index contributed by atoms with van der Waals surface area (Å²) in [5, 5.41) is 0. The molecule has 6 heteroatoms. The van der Waals surface area contributed by atoms with Crippen molar-refractivity contribution in [2.24, 2.45) is 0 Å². The van der Waals surface area contributed by atoms with Crippen LogP contribution in [0.3, 0.4) is 0 Å². The number of allylic oxidation sites excluding steroid dienone is 14. The van der Waals surface area contributed by atoms with Gasteiger partial charge in [-0.25, -0.2) is 0 Å². The van der Waals surface area contributed by atoms with Crippen LogP contribution in [-0.4, -0.2) is 37.2 Å². The van der Waals surface area contributed by atoms with E-state index in [1.54, 1.807) is 0 Å². The fraction of sp³-hybridized carbons (Fsp3) is 0.721. The topological polar surface area (TPSA) is 78.9 Å². The van der Waals surface area contributed by atoms with Crippen LogP contribution in [0.2, 0.25) is 0 Å². The number of hydrogen-bond donors (Lipinski definition) is 0. The predicted molar refractivity (Wildman–Crippen MR) is 288 cm³/mol. The molecule has 0 amide bonds. The van der Waals surface area contributed by atoms with Gasteiger partial charge in [-0.1, -0.05) is 234 Å². The SMILES string of the molecule is CC/C=C\C/C=C\C/C=C\CCCCCCCC(=O)O[C@@H](COC(=O)CCCCC/C=C\C/C=C\C/C=C\C/C=C\CCCCC)COC(=O)CCCCCCCCCCCCCCCCC. The summed E-state index contributed by atoms with van der Waals surface area (Å²) in [6.07, 6.45) is 71.4. The third-order valence-corrected chi connectivity index (χ3v) is 11.9. The Morgan fingerprint density at radius 1 is 0.313 bits per heavy atom. The van der Waals surface area contributed by atoms with Gasteiger partial charge in [-0.15, -0.1) is 0 Å². The highest BCUT2D eigenvalue weighted by Gasteiger charge is 2.19. The van der Waals surface area contributed by atoms with Gasteiger partial charge in [0.25, 0.3) is 0 Å². The van der Waals surface area contributed by atoms with Crippen LogP contribution < -0.4 is 0 Å². The molecule has 0 spiro atoms. The van der Waals surface area contributed by atoms with E-state index in [0.29, 0.717) is 19.3 Å². The van der Waals surface area contributed by atoms with E-state index in [4.69, 9.17) is 14.2 Å². The van der Waals surface area contributed by atoms with E-state index < -0.39 is 6.10 Å². The van der Waals surface area contributed by atoms with Crippen LogP contribution in [0.5, 0.6) is 0 Å². The maximum Gasteiger partial charge on any atom is 0.306 e. The molecular formula is C61H104O6. The fourth-order valence-electron chi connectivity index (χ4n) is 7.68. The van der Waals surface area contributed by atoms with Gasteiger partial charge in [0.2, 0.25) is 0 Å². The molecule has 67 heavy (non-hydrogen) atoms. The largest absolute Gasteiger partial charge is 0.462 e. The van der Waals surface area contributed by atoms with Crippen LogP contribution in [0.15, 0.2) is 85.1 Å². The van der Waals surface area contributed by atoms with Crippen molar-refractivity contribution in [2.45, 2.75) is 271 Å². The molecular weight excluding hydrogens is 829 g/mol. The molecule has 0 aliphatic heterocycles. The Balaban J connectivity index is 4.46. The molecule has 384 valence electrons. The number of hydrogen-bond acceptors (Lipinski definition) is 6. The van der Waals surface area contributed by atoms with Gasteiger partial charge in [0.15, 0.2) is 6.10 Å². The lowest BCUT2D eigenvalue weighted by atomic mass is 10.0. The second-order valence-electron chi connectivity index (χ2n) is 18.5. The first-order chi connectivity index (χ1) is 33.0. The van der Waals surface area contributed by atoms with E-state index in [9.17, 15) is 14.4 Å². The second kappa shape index (κ2) is 55.2. The molecule has 0 aliphatic carbocycles. The number of carbonyl (C=O) groups excluding carboxylic acids is 3. The summed E-state index contributed by atoms with van der Waals surface area (Å²) >= 11 is 0. The summed E-state index contributed by atoms with van der Waals surface area (Å²) in [6, 6.07) is 0. The Hall–Kier alpha value is -3.41. The van der Waals surface area contributed by atoms with Gasteiger partial charge in [0, 0.05) is 19.3 Å². The average Bonchev–Trinajstić information content (AvgIpc) is 3.33. The van der Waals surface area contributed by atoms with Crippen LogP contribution in [0.1, 0.15) is 265 Å². The van der Waals surface area contributed by atoms with Crippen molar-refractivity contribution in [3.8, 4) is 0 Å². The summed E-state index contributed by atoms with van der Waals surface area (Å²) in [6.45, 7) is 6.47. The Bertz CT molecular complexity index is 1300. The number of rotatable bonds is 50. The number of unbranched alkanes of at least 4 members (excludes halogenated alkanes) is 25. The van der Waals surface area contributed by atoms with E-state index in [0.717, 1.165) is 122 Å². The molecule has 1 atom stereocenters. The average molecular weight is 933 g/mol. The van der Waals surface area contributed by atoms with E-state index in [1.165, 1.54) is 103 Å². The maximum atomic E-state index is 12.8. The molecule has 0 rings (SSSR count). The molecule has 0 aliphatic rings. The van der Waals surface area contributed by atoms with Crippen molar-refractivity contribution in [1.29, 1.82) is 0 Å². The maximum absolute atomic E-state index is 12.8. The Morgan fingerprint density at radius 2 is 0.582 bits per heavy atom. The lowest BCUT2D eigenvalue weighted by Gasteiger charge is -2.18. The molecule has 0 aromatic carbocycles. The molecule has 6 nitrogen and oxygen atoms in total. The first-order valence-electron chi connectivity index (χ1n) is 28.1. The highest BCUT2D eigenvalue weighted by Crippen LogP contribution is 2.15. The third kappa shape index (κ3) is 53.4. The molecule has 0 aromatic heterocycles. The number of ether oxygens (including phenoxy) is 3. The molecule has 0 heterocycles. The highest BCUT2D eigenvalue weighted by molar-refractivity contribution is 5.71. The number of carbonyl (C=O) groups is 3. The summed E-state index contributed by atoms with van der Waals surface area (Å²) < 4.78 is 16.8. The van der Waals surface area contributed by atoms with Gasteiger partial charge in [-0.05, 0) is 96.3 Å². The normalized spacial score (nSPS) is 12.7. The van der Waals surface area contributed by atoms with Crippen molar-refractivity contribution in [2.75, 3.05) is 13.2 Å². The fourth-order valence-corrected chi connectivity index (χ4v) is 7.68. The minimum Gasteiger partial charge on any atom is -0.462 e. The molecule has 0 unspecified atom stereocenters.